The molecule has 0 aliphatic heterocycles. The number of imidazole rings is 1. The Morgan fingerprint density at radius 3 is 2.54 bits per heavy atom. The number of anilines is 2. The van der Waals surface area contributed by atoms with Gasteiger partial charge in [-0.15, -0.1) is 0 Å². The minimum atomic E-state index is -0.499. The van der Waals surface area contributed by atoms with Gasteiger partial charge in [0.1, 0.15) is 5.76 Å². The summed E-state index contributed by atoms with van der Waals surface area (Å²) >= 11 is 0. The van der Waals surface area contributed by atoms with Crippen molar-refractivity contribution in [3.8, 4) is 6.07 Å². The highest BCUT2D eigenvalue weighted by Gasteiger charge is 2.20. The molecule has 0 spiro atoms. The molecular weight excluding hydrogens is 450 g/mol. The second kappa shape index (κ2) is 9.48. The van der Waals surface area contributed by atoms with Crippen molar-refractivity contribution in [1.82, 2.24) is 14.7 Å². The lowest BCUT2D eigenvalue weighted by atomic mass is 10.1. The number of fused-ring (bicyclic) bond motifs is 1. The fraction of sp³-hybridized carbons (Fsp3) is 0.167. The molecule has 0 unspecified atom stereocenters. The van der Waals surface area contributed by atoms with Crippen molar-refractivity contribution < 1.29 is 18.9 Å². The molecule has 4 rings (SSSR count). The number of carbonyl (C=O) groups is 3. The number of hydrogen-bond donors (Lipinski definition) is 2. The maximum absolute atomic E-state index is 12.8. The molecule has 0 bridgehead atoms. The first kappa shape index (κ1) is 23.2. The molecule has 35 heavy (non-hydrogen) atoms. The van der Waals surface area contributed by atoms with Crippen LogP contribution in [0.15, 0.2) is 53.1 Å². The monoisotopic (exact) mass is 471 g/mol. The van der Waals surface area contributed by atoms with E-state index in [2.05, 4.69) is 15.5 Å². The number of rotatable bonds is 7. The van der Waals surface area contributed by atoms with Gasteiger partial charge in [0.25, 0.3) is 11.8 Å². The summed E-state index contributed by atoms with van der Waals surface area (Å²) in [6, 6.07) is 14.9. The summed E-state index contributed by atoms with van der Waals surface area (Å²) in [5.41, 5.74) is 7.97. The van der Waals surface area contributed by atoms with E-state index in [4.69, 9.17) is 15.5 Å². The van der Waals surface area contributed by atoms with E-state index in [-0.39, 0.29) is 30.5 Å². The Hall–Kier alpha value is -4.98. The molecule has 3 N–H and O–H groups in total. The van der Waals surface area contributed by atoms with Gasteiger partial charge >= 0.3 is 0 Å². The second-order valence-corrected chi connectivity index (χ2v) is 7.81. The molecule has 2 aromatic carbocycles. The van der Waals surface area contributed by atoms with E-state index in [0.29, 0.717) is 33.6 Å². The van der Waals surface area contributed by atoms with E-state index in [1.807, 2.05) is 6.07 Å². The van der Waals surface area contributed by atoms with Crippen LogP contribution in [0.2, 0.25) is 0 Å². The standard InChI is InChI=1S/C24H21N7O4/c1-14-11-19(29-35-14)23(34)30(2)17-7-8-20-18(12-17)27-24(31(20)10-9-21(26)32)28-22(33)16-5-3-15(13-25)4-6-16/h3-8,11-12H,9-10H2,1-2H3,(H2,26,32)(H,27,28,33). The van der Waals surface area contributed by atoms with Gasteiger partial charge in [0.2, 0.25) is 11.9 Å². The number of carbonyl (C=O) groups excluding carboxylic acids is 3. The van der Waals surface area contributed by atoms with E-state index in [9.17, 15) is 14.4 Å². The predicted octanol–water partition coefficient (Wildman–Crippen LogP) is 2.61. The summed E-state index contributed by atoms with van der Waals surface area (Å²) in [6.07, 6.45) is 0.0385. The number of nitrogens with one attached hydrogen (secondary N) is 1. The fourth-order valence-corrected chi connectivity index (χ4v) is 3.50. The van der Waals surface area contributed by atoms with Crippen LogP contribution in [0.1, 0.15) is 38.6 Å². The molecule has 176 valence electrons. The zero-order valence-electron chi connectivity index (χ0n) is 19.0. The number of hydrogen-bond acceptors (Lipinski definition) is 7. The zero-order valence-corrected chi connectivity index (χ0v) is 19.0. The average Bonchev–Trinajstić information content (AvgIpc) is 3.44. The number of aromatic nitrogens is 3. The summed E-state index contributed by atoms with van der Waals surface area (Å²) in [7, 11) is 1.60. The van der Waals surface area contributed by atoms with Gasteiger partial charge in [-0.05, 0) is 49.4 Å². The summed E-state index contributed by atoms with van der Waals surface area (Å²) < 4.78 is 6.66. The SMILES string of the molecule is Cc1cc(C(=O)N(C)c2ccc3c(c2)nc(NC(=O)c2ccc(C#N)cc2)n3CCC(N)=O)no1. The molecule has 2 aromatic heterocycles. The predicted molar refractivity (Wildman–Crippen MR) is 127 cm³/mol. The lowest BCUT2D eigenvalue weighted by Crippen LogP contribution is -2.26. The number of aryl methyl sites for hydroxylation is 2. The molecule has 0 atom stereocenters. The first-order valence-electron chi connectivity index (χ1n) is 10.6. The molecule has 0 aliphatic carbocycles. The fourth-order valence-electron chi connectivity index (χ4n) is 3.50. The summed E-state index contributed by atoms with van der Waals surface area (Å²) in [6.45, 7) is 1.89. The van der Waals surface area contributed by atoms with Crippen molar-refractivity contribution in [2.75, 3.05) is 17.3 Å². The van der Waals surface area contributed by atoms with E-state index >= 15 is 0 Å². The van der Waals surface area contributed by atoms with Gasteiger partial charge in [-0.1, -0.05) is 5.16 Å². The van der Waals surface area contributed by atoms with Crippen LogP contribution in [0.5, 0.6) is 0 Å². The van der Waals surface area contributed by atoms with Gasteiger partial charge in [0.05, 0.1) is 22.7 Å². The van der Waals surface area contributed by atoms with Gasteiger partial charge in [0.15, 0.2) is 5.69 Å². The van der Waals surface area contributed by atoms with Crippen LogP contribution >= 0.6 is 0 Å². The Balaban J connectivity index is 1.67. The van der Waals surface area contributed by atoms with Crippen molar-refractivity contribution in [2.24, 2.45) is 5.73 Å². The van der Waals surface area contributed by atoms with Crippen molar-refractivity contribution in [2.45, 2.75) is 19.9 Å². The third-order valence-electron chi connectivity index (χ3n) is 5.35. The normalized spacial score (nSPS) is 10.7. The van der Waals surface area contributed by atoms with E-state index in [0.717, 1.165) is 0 Å². The number of nitriles is 1. The number of primary amides is 1. The lowest BCUT2D eigenvalue weighted by molar-refractivity contribution is -0.118. The smallest absolute Gasteiger partial charge is 0.280 e. The van der Waals surface area contributed by atoms with Crippen LogP contribution in [-0.2, 0) is 11.3 Å². The third-order valence-corrected chi connectivity index (χ3v) is 5.35. The minimum absolute atomic E-state index is 0.0385. The Bertz CT molecular complexity index is 1480. The Labute approximate surface area is 199 Å². The molecule has 2 heterocycles. The molecule has 3 amide bonds. The number of benzene rings is 2. The molecule has 11 heteroatoms. The van der Waals surface area contributed by atoms with E-state index in [1.165, 1.54) is 17.0 Å². The Morgan fingerprint density at radius 1 is 1.17 bits per heavy atom. The number of nitrogens with zero attached hydrogens (tertiary/aromatic N) is 5. The maximum atomic E-state index is 12.8. The molecule has 0 fully saturated rings. The largest absolute Gasteiger partial charge is 0.370 e. The Morgan fingerprint density at radius 2 is 1.91 bits per heavy atom. The van der Waals surface area contributed by atoms with Crippen molar-refractivity contribution in [3.05, 3.63) is 71.1 Å². The van der Waals surface area contributed by atoms with Crippen LogP contribution in [0.25, 0.3) is 11.0 Å². The first-order valence-corrected chi connectivity index (χ1v) is 10.6. The topological polar surface area (TPSA) is 160 Å². The molecule has 0 saturated heterocycles. The van der Waals surface area contributed by atoms with Crippen LogP contribution in [0, 0.1) is 18.3 Å². The zero-order chi connectivity index (χ0) is 25.1. The molecule has 0 saturated carbocycles. The second-order valence-electron chi connectivity index (χ2n) is 7.81. The van der Waals surface area contributed by atoms with Crippen LogP contribution in [-0.4, -0.2) is 39.5 Å². The van der Waals surface area contributed by atoms with Gasteiger partial charge in [-0.2, -0.15) is 5.26 Å². The van der Waals surface area contributed by atoms with Gasteiger partial charge in [-0.25, -0.2) is 4.98 Å². The summed E-state index contributed by atoms with van der Waals surface area (Å²) in [5, 5.41) is 15.5. The lowest BCUT2D eigenvalue weighted by Gasteiger charge is -2.15. The highest BCUT2D eigenvalue weighted by molar-refractivity contribution is 6.06. The average molecular weight is 471 g/mol. The number of nitrogens with two attached hydrogens (primary N) is 1. The number of amides is 3. The van der Waals surface area contributed by atoms with Crippen LogP contribution < -0.4 is 16.0 Å². The van der Waals surface area contributed by atoms with E-state index < -0.39 is 11.8 Å². The maximum Gasteiger partial charge on any atom is 0.280 e. The Kier molecular flexibility index (Phi) is 6.28. The highest BCUT2D eigenvalue weighted by Crippen LogP contribution is 2.26. The highest BCUT2D eigenvalue weighted by atomic mass is 16.5. The third kappa shape index (κ3) is 4.86. The molecule has 4 aromatic rings. The molecule has 0 radical (unpaired) electrons. The van der Waals surface area contributed by atoms with Crippen molar-refractivity contribution in [1.29, 1.82) is 5.26 Å². The molecule has 0 aliphatic rings. The summed E-state index contributed by atoms with van der Waals surface area (Å²) in [4.78, 5) is 42.9. The van der Waals surface area contributed by atoms with Crippen molar-refractivity contribution in [3.63, 3.8) is 0 Å². The van der Waals surface area contributed by atoms with Gasteiger partial charge in [0, 0.05) is 37.3 Å². The van der Waals surface area contributed by atoms with Crippen molar-refractivity contribution >= 4 is 40.4 Å². The quantitative estimate of drug-likeness (QED) is 0.419. The minimum Gasteiger partial charge on any atom is -0.370 e. The van der Waals surface area contributed by atoms with Crippen LogP contribution in [0.3, 0.4) is 0 Å². The summed E-state index contributed by atoms with van der Waals surface area (Å²) in [5.74, 6) is -0.550. The molecular formula is C24H21N7O4. The molecule has 11 nitrogen and oxygen atoms in total. The van der Waals surface area contributed by atoms with Gasteiger partial charge < -0.3 is 19.7 Å². The van der Waals surface area contributed by atoms with Crippen LogP contribution in [0.4, 0.5) is 11.6 Å². The van der Waals surface area contributed by atoms with Gasteiger partial charge in [-0.3, -0.25) is 19.7 Å². The van der Waals surface area contributed by atoms with E-state index in [1.54, 1.807) is 54.9 Å². The first-order chi connectivity index (χ1) is 16.8.